The molecule has 0 saturated heterocycles. The minimum Gasteiger partial charge on any atom is -0.758 e. The number of carbonyl (C=O) groups is 1. The third-order valence-electron chi connectivity index (χ3n) is 5.71. The zero-order chi connectivity index (χ0) is 21.6. The van der Waals surface area contributed by atoms with E-state index in [9.17, 15) is 15.1 Å². The topological polar surface area (TPSA) is 63.6 Å². The number of para-hydroxylation sites is 1. The molecule has 1 N–H and O–H groups in total. The molecule has 0 saturated carbocycles. The van der Waals surface area contributed by atoms with E-state index in [0.29, 0.717) is 11.3 Å². The monoisotopic (exact) mass is 396 g/mol. The predicted octanol–water partition coefficient (Wildman–Crippen LogP) is 6.12. The Labute approximate surface area is 175 Å². The summed E-state index contributed by atoms with van der Waals surface area (Å²) in [6, 6.07) is 5.86. The van der Waals surface area contributed by atoms with Gasteiger partial charge in [0.1, 0.15) is 5.60 Å². The number of hydroxylamine groups is 1. The molecule has 4 heteroatoms. The SMILES string of the molecule is CC(C)=CCCC(C)=CCCC(C)=CCC1(O)C(=O)c2ccccc2N([O-])C1C. The summed E-state index contributed by atoms with van der Waals surface area (Å²) in [6.45, 7) is 10.0. The second kappa shape index (κ2) is 10.0. The zero-order valence-electron chi connectivity index (χ0n) is 18.4. The standard InChI is InChI=1S/C25H34NO3/c1-18(2)10-8-11-19(3)12-9-13-20(4)16-17-25(28)21(5)26(29)23-15-7-6-14-22(23)24(25)27/h6-7,10,12,14-16,21,28H,8-9,11,13,17H2,1-5H3/q-1. The van der Waals surface area contributed by atoms with Gasteiger partial charge in [-0.3, -0.25) is 4.79 Å². The normalized spacial score (nSPS) is 22.5. The van der Waals surface area contributed by atoms with Crippen molar-refractivity contribution in [1.82, 2.24) is 0 Å². The Hall–Kier alpha value is -2.17. The van der Waals surface area contributed by atoms with E-state index in [1.165, 1.54) is 11.1 Å². The van der Waals surface area contributed by atoms with Gasteiger partial charge in [-0.1, -0.05) is 47.1 Å². The number of hydrogen-bond acceptors (Lipinski definition) is 4. The van der Waals surface area contributed by atoms with Crippen molar-refractivity contribution in [2.75, 3.05) is 5.06 Å². The lowest BCUT2D eigenvalue weighted by molar-refractivity contribution is 0.0197. The molecule has 1 aliphatic rings. The van der Waals surface area contributed by atoms with Crippen LogP contribution in [0.4, 0.5) is 5.69 Å². The first-order valence-electron chi connectivity index (χ1n) is 10.4. The molecule has 4 nitrogen and oxygen atoms in total. The van der Waals surface area contributed by atoms with E-state index in [0.717, 1.165) is 36.3 Å². The van der Waals surface area contributed by atoms with Crippen LogP contribution in [0.25, 0.3) is 0 Å². The molecule has 0 radical (unpaired) electrons. The van der Waals surface area contributed by atoms with Gasteiger partial charge in [0.2, 0.25) is 0 Å². The summed E-state index contributed by atoms with van der Waals surface area (Å²) in [5.41, 5.74) is 2.77. The van der Waals surface area contributed by atoms with Crippen LogP contribution < -0.4 is 5.06 Å². The van der Waals surface area contributed by atoms with Crippen LogP contribution in [-0.2, 0) is 0 Å². The minimum absolute atomic E-state index is 0.148. The molecule has 0 spiro atoms. The largest absolute Gasteiger partial charge is 0.758 e. The highest BCUT2D eigenvalue weighted by Gasteiger charge is 2.46. The summed E-state index contributed by atoms with van der Waals surface area (Å²) >= 11 is 0. The van der Waals surface area contributed by atoms with E-state index < -0.39 is 11.6 Å². The molecule has 1 aliphatic heterocycles. The van der Waals surface area contributed by atoms with Crippen molar-refractivity contribution in [1.29, 1.82) is 0 Å². The number of nitrogens with zero attached hydrogens (tertiary/aromatic N) is 1. The Morgan fingerprint density at radius 3 is 2.31 bits per heavy atom. The number of Topliss-reactive ketones (excluding diaryl/α,β-unsaturated/α-hetero) is 1. The summed E-state index contributed by atoms with van der Waals surface area (Å²) in [7, 11) is 0. The van der Waals surface area contributed by atoms with Gasteiger partial charge >= 0.3 is 0 Å². The van der Waals surface area contributed by atoms with Gasteiger partial charge in [0.15, 0.2) is 5.78 Å². The summed E-state index contributed by atoms with van der Waals surface area (Å²) in [5, 5.41) is 24.4. The third kappa shape index (κ3) is 5.68. The molecule has 1 aromatic carbocycles. The zero-order valence-corrected chi connectivity index (χ0v) is 18.4. The van der Waals surface area contributed by atoms with Crippen LogP contribution in [0.2, 0.25) is 0 Å². The fraction of sp³-hybridized carbons (Fsp3) is 0.480. The molecule has 0 amide bonds. The Morgan fingerprint density at radius 2 is 1.66 bits per heavy atom. The Balaban J connectivity index is 1.99. The lowest BCUT2D eigenvalue weighted by atomic mass is 9.79. The van der Waals surface area contributed by atoms with Crippen LogP contribution in [0.5, 0.6) is 0 Å². The average Bonchev–Trinajstić information content (AvgIpc) is 2.69. The second-order valence-corrected chi connectivity index (χ2v) is 8.44. The molecule has 158 valence electrons. The quantitative estimate of drug-likeness (QED) is 0.538. The molecule has 29 heavy (non-hydrogen) atoms. The Kier molecular flexibility index (Phi) is 8.00. The molecule has 0 bridgehead atoms. The number of carbonyl (C=O) groups excluding carboxylic acids is 1. The van der Waals surface area contributed by atoms with E-state index in [-0.39, 0.29) is 12.2 Å². The third-order valence-corrected chi connectivity index (χ3v) is 5.71. The predicted molar refractivity (Wildman–Crippen MR) is 121 cm³/mol. The van der Waals surface area contributed by atoms with Gasteiger partial charge in [-0.05, 0) is 72.4 Å². The first kappa shape index (κ1) is 23.1. The first-order chi connectivity index (χ1) is 13.7. The number of ketones is 1. The number of rotatable bonds is 8. The van der Waals surface area contributed by atoms with E-state index in [1.807, 2.05) is 13.0 Å². The Bertz CT molecular complexity index is 817. The van der Waals surface area contributed by atoms with Crippen molar-refractivity contribution in [3.8, 4) is 0 Å². The van der Waals surface area contributed by atoms with Gasteiger partial charge in [0.05, 0.1) is 6.04 Å². The van der Waals surface area contributed by atoms with E-state index >= 15 is 0 Å². The maximum absolute atomic E-state index is 12.9. The van der Waals surface area contributed by atoms with Crippen LogP contribution in [0.3, 0.4) is 0 Å². The maximum atomic E-state index is 12.9. The average molecular weight is 397 g/mol. The van der Waals surface area contributed by atoms with Crippen LogP contribution in [0.15, 0.2) is 59.2 Å². The van der Waals surface area contributed by atoms with Crippen LogP contribution in [0.1, 0.15) is 77.1 Å². The fourth-order valence-electron chi connectivity index (χ4n) is 3.62. The number of fused-ring (bicyclic) bond motifs is 1. The fourth-order valence-corrected chi connectivity index (χ4v) is 3.62. The van der Waals surface area contributed by atoms with Crippen molar-refractivity contribution >= 4 is 11.5 Å². The maximum Gasteiger partial charge on any atom is 0.198 e. The number of aliphatic hydroxyl groups is 1. The summed E-state index contributed by atoms with van der Waals surface area (Å²) < 4.78 is 0. The van der Waals surface area contributed by atoms with Gasteiger partial charge < -0.3 is 15.4 Å². The highest BCUT2D eigenvalue weighted by Crippen LogP contribution is 2.37. The lowest BCUT2D eigenvalue weighted by Gasteiger charge is -2.49. The van der Waals surface area contributed by atoms with Crippen molar-refractivity contribution in [2.45, 2.75) is 78.4 Å². The smallest absolute Gasteiger partial charge is 0.198 e. The summed E-state index contributed by atoms with van der Waals surface area (Å²) in [4.78, 5) is 12.9. The number of benzene rings is 1. The molecule has 2 atom stereocenters. The minimum atomic E-state index is -1.70. The molecule has 0 aliphatic carbocycles. The van der Waals surface area contributed by atoms with Crippen molar-refractivity contribution in [2.24, 2.45) is 0 Å². The number of allylic oxidation sites excluding steroid dienone is 5. The van der Waals surface area contributed by atoms with Crippen molar-refractivity contribution < 1.29 is 9.90 Å². The molecular formula is C25H34NO3-. The number of anilines is 1. The summed E-state index contributed by atoms with van der Waals surface area (Å²) in [6.07, 6.45) is 10.5. The molecule has 0 fully saturated rings. The lowest BCUT2D eigenvalue weighted by Crippen LogP contribution is -2.58. The molecule has 1 heterocycles. The molecule has 0 aromatic heterocycles. The summed E-state index contributed by atoms with van der Waals surface area (Å²) in [5.74, 6) is -0.369. The molecular weight excluding hydrogens is 362 g/mol. The van der Waals surface area contributed by atoms with Gasteiger partial charge in [-0.15, -0.1) is 0 Å². The molecule has 2 rings (SSSR count). The van der Waals surface area contributed by atoms with Gasteiger partial charge in [-0.2, -0.15) is 0 Å². The molecule has 1 aromatic rings. The Morgan fingerprint density at radius 1 is 1.07 bits per heavy atom. The first-order valence-corrected chi connectivity index (χ1v) is 10.4. The van der Waals surface area contributed by atoms with E-state index in [4.69, 9.17) is 0 Å². The van der Waals surface area contributed by atoms with Gasteiger partial charge in [-0.25, -0.2) is 0 Å². The van der Waals surface area contributed by atoms with Crippen molar-refractivity contribution in [3.05, 3.63) is 70.0 Å². The van der Waals surface area contributed by atoms with E-state index in [1.54, 1.807) is 31.2 Å². The number of hydrogen-bond donors (Lipinski definition) is 1. The highest BCUT2D eigenvalue weighted by molar-refractivity contribution is 6.09. The van der Waals surface area contributed by atoms with Gasteiger partial charge in [0.25, 0.3) is 0 Å². The second-order valence-electron chi connectivity index (χ2n) is 8.44. The molecule has 2 unspecified atom stereocenters. The van der Waals surface area contributed by atoms with Crippen LogP contribution in [0, 0.1) is 5.21 Å². The van der Waals surface area contributed by atoms with Crippen LogP contribution in [-0.4, -0.2) is 22.5 Å². The highest BCUT2D eigenvalue weighted by atomic mass is 16.5. The van der Waals surface area contributed by atoms with Crippen molar-refractivity contribution in [3.63, 3.8) is 0 Å². The van der Waals surface area contributed by atoms with E-state index in [2.05, 4.69) is 32.9 Å². The van der Waals surface area contributed by atoms with Gasteiger partial charge in [0, 0.05) is 17.7 Å². The van der Waals surface area contributed by atoms with Crippen LogP contribution >= 0.6 is 0 Å².